The number of hydrogen-bond donors (Lipinski definition) is 1. The Morgan fingerprint density at radius 2 is 1.65 bits per heavy atom. The van der Waals surface area contributed by atoms with E-state index in [1.807, 2.05) is 24.3 Å². The molecule has 4 aromatic rings. The standard InChI is InChI=1S/C27H20Br2Cl2FN3O2/c1-37-19-11-5-16(6-12-19)14-35(27(36)34-26-22(30)3-2-4-23(26)31)15-20-21(28)13-24(29)33-25(20)17-7-9-18(32)10-8-17/h2-13H,14-15H2,1H3,(H,34,36). The maximum Gasteiger partial charge on any atom is 0.322 e. The third kappa shape index (κ3) is 6.82. The van der Waals surface area contributed by atoms with Gasteiger partial charge in [-0.1, -0.05) is 57.3 Å². The number of amides is 2. The molecule has 0 saturated heterocycles. The fraction of sp³-hybridized carbons (Fsp3) is 0.111. The molecule has 1 N–H and O–H groups in total. The normalized spacial score (nSPS) is 10.8. The van der Waals surface area contributed by atoms with Crippen molar-refractivity contribution in [1.82, 2.24) is 9.88 Å². The van der Waals surface area contributed by atoms with Crippen LogP contribution in [0, 0.1) is 5.82 Å². The number of carbonyl (C=O) groups excluding carboxylic acids is 1. The molecule has 10 heteroatoms. The SMILES string of the molecule is COc1ccc(CN(Cc2c(Br)cc(Br)nc2-c2ccc(F)cc2)C(=O)Nc2c(Cl)cccc2Cl)cc1. The summed E-state index contributed by atoms with van der Waals surface area (Å²) in [6.07, 6.45) is 0. The summed E-state index contributed by atoms with van der Waals surface area (Å²) in [5.74, 6) is 0.359. The van der Waals surface area contributed by atoms with Crippen LogP contribution in [0.4, 0.5) is 14.9 Å². The predicted molar refractivity (Wildman–Crippen MR) is 153 cm³/mol. The van der Waals surface area contributed by atoms with E-state index in [0.29, 0.717) is 37.3 Å². The smallest absolute Gasteiger partial charge is 0.322 e. The Hall–Kier alpha value is -2.65. The number of halogens is 5. The first-order chi connectivity index (χ1) is 17.7. The van der Waals surface area contributed by atoms with E-state index in [2.05, 4.69) is 42.2 Å². The van der Waals surface area contributed by atoms with Crippen molar-refractivity contribution in [1.29, 1.82) is 0 Å². The van der Waals surface area contributed by atoms with Gasteiger partial charge in [-0.15, -0.1) is 0 Å². The van der Waals surface area contributed by atoms with Crippen molar-refractivity contribution in [3.63, 3.8) is 0 Å². The highest BCUT2D eigenvalue weighted by molar-refractivity contribution is 9.11. The summed E-state index contributed by atoms with van der Waals surface area (Å²) in [4.78, 5) is 19.8. The van der Waals surface area contributed by atoms with Crippen LogP contribution >= 0.6 is 55.1 Å². The van der Waals surface area contributed by atoms with Crippen molar-refractivity contribution in [2.45, 2.75) is 13.1 Å². The van der Waals surface area contributed by atoms with Crippen LogP contribution < -0.4 is 10.1 Å². The van der Waals surface area contributed by atoms with Gasteiger partial charge >= 0.3 is 6.03 Å². The van der Waals surface area contributed by atoms with Gasteiger partial charge in [-0.2, -0.15) is 0 Å². The highest BCUT2D eigenvalue weighted by Crippen LogP contribution is 2.34. The Kier molecular flexibility index (Phi) is 9.08. The fourth-order valence-corrected chi connectivity index (χ4v) is 5.39. The number of methoxy groups -OCH3 is 1. The van der Waals surface area contributed by atoms with Crippen LogP contribution in [0.1, 0.15) is 11.1 Å². The highest BCUT2D eigenvalue weighted by Gasteiger charge is 2.22. The van der Waals surface area contributed by atoms with Gasteiger partial charge in [-0.3, -0.25) is 0 Å². The summed E-state index contributed by atoms with van der Waals surface area (Å²) >= 11 is 19.7. The lowest BCUT2D eigenvalue weighted by atomic mass is 10.0. The topological polar surface area (TPSA) is 54.5 Å². The van der Waals surface area contributed by atoms with E-state index in [9.17, 15) is 9.18 Å². The molecule has 37 heavy (non-hydrogen) atoms. The molecule has 1 aromatic heterocycles. The molecule has 0 unspecified atom stereocenters. The number of benzene rings is 3. The second-order valence-corrected chi connectivity index (χ2v) is 10.5. The summed E-state index contributed by atoms with van der Waals surface area (Å²) in [5.41, 5.74) is 3.25. The van der Waals surface area contributed by atoms with Gasteiger partial charge in [0.1, 0.15) is 16.2 Å². The lowest BCUT2D eigenvalue weighted by Crippen LogP contribution is -2.34. The zero-order valence-corrected chi connectivity index (χ0v) is 24.1. The summed E-state index contributed by atoms with van der Waals surface area (Å²) in [6, 6.07) is 19.9. The number of pyridine rings is 1. The number of rotatable bonds is 7. The third-order valence-corrected chi connectivity index (χ3v) is 7.26. The van der Waals surface area contributed by atoms with E-state index >= 15 is 0 Å². The Morgan fingerprint density at radius 3 is 2.27 bits per heavy atom. The molecule has 0 fully saturated rings. The lowest BCUT2D eigenvalue weighted by molar-refractivity contribution is 0.206. The molecule has 4 rings (SSSR count). The van der Waals surface area contributed by atoms with Gasteiger partial charge < -0.3 is 15.0 Å². The Balaban J connectivity index is 1.73. The molecule has 0 radical (unpaired) electrons. The van der Waals surface area contributed by atoms with Gasteiger partial charge in [-0.25, -0.2) is 14.2 Å². The second-order valence-electron chi connectivity index (χ2n) is 7.99. The molecule has 0 saturated carbocycles. The fourth-order valence-electron chi connectivity index (χ4n) is 3.65. The summed E-state index contributed by atoms with van der Waals surface area (Å²) in [7, 11) is 1.59. The first kappa shape index (κ1) is 27.4. The highest BCUT2D eigenvalue weighted by atomic mass is 79.9. The van der Waals surface area contributed by atoms with Gasteiger partial charge in [0.15, 0.2) is 0 Å². The van der Waals surface area contributed by atoms with Crippen molar-refractivity contribution in [3.8, 4) is 17.0 Å². The molecule has 0 aliphatic carbocycles. The number of carbonyl (C=O) groups is 1. The monoisotopic (exact) mass is 665 g/mol. The molecule has 0 aliphatic rings. The minimum Gasteiger partial charge on any atom is -0.497 e. The van der Waals surface area contributed by atoms with Crippen molar-refractivity contribution >= 4 is 66.8 Å². The van der Waals surface area contributed by atoms with Crippen molar-refractivity contribution < 1.29 is 13.9 Å². The minimum absolute atomic E-state index is 0.174. The minimum atomic E-state index is -0.411. The molecule has 2 amide bonds. The summed E-state index contributed by atoms with van der Waals surface area (Å²) in [5, 5.41) is 3.49. The van der Waals surface area contributed by atoms with Crippen molar-refractivity contribution in [2.24, 2.45) is 0 Å². The summed E-state index contributed by atoms with van der Waals surface area (Å²) < 4.78 is 20.2. The van der Waals surface area contributed by atoms with E-state index in [-0.39, 0.29) is 18.9 Å². The van der Waals surface area contributed by atoms with Crippen LogP contribution in [-0.2, 0) is 13.1 Å². The number of nitrogens with zero attached hydrogens (tertiary/aromatic N) is 2. The van der Waals surface area contributed by atoms with Crippen LogP contribution in [0.5, 0.6) is 5.75 Å². The van der Waals surface area contributed by atoms with E-state index < -0.39 is 6.03 Å². The maximum atomic E-state index is 13.6. The zero-order chi connectivity index (χ0) is 26.5. The Labute approximate surface area is 240 Å². The first-order valence-electron chi connectivity index (χ1n) is 11.0. The molecule has 5 nitrogen and oxygen atoms in total. The number of nitrogens with one attached hydrogen (secondary N) is 1. The van der Waals surface area contributed by atoms with Crippen LogP contribution in [0.15, 0.2) is 81.9 Å². The summed E-state index contributed by atoms with van der Waals surface area (Å²) in [6.45, 7) is 0.441. The lowest BCUT2D eigenvalue weighted by Gasteiger charge is -2.26. The molecule has 3 aromatic carbocycles. The Morgan fingerprint density at radius 1 is 1.00 bits per heavy atom. The molecular weight excluding hydrogens is 648 g/mol. The predicted octanol–water partition coefficient (Wildman–Crippen LogP) is 8.96. The number of hydrogen-bond acceptors (Lipinski definition) is 3. The van der Waals surface area contributed by atoms with Crippen LogP contribution in [0.2, 0.25) is 10.0 Å². The third-order valence-electron chi connectivity index (χ3n) is 5.52. The van der Waals surface area contributed by atoms with E-state index in [1.54, 1.807) is 48.4 Å². The van der Waals surface area contributed by atoms with Crippen LogP contribution in [0.25, 0.3) is 11.3 Å². The number of para-hydroxylation sites is 1. The number of urea groups is 1. The zero-order valence-electron chi connectivity index (χ0n) is 19.4. The van der Waals surface area contributed by atoms with Gasteiger partial charge in [0.25, 0.3) is 0 Å². The molecule has 0 aliphatic heterocycles. The average Bonchev–Trinajstić information content (AvgIpc) is 2.88. The maximum absolute atomic E-state index is 13.6. The van der Waals surface area contributed by atoms with E-state index in [0.717, 1.165) is 15.6 Å². The molecule has 1 heterocycles. The number of anilines is 1. The van der Waals surface area contributed by atoms with Crippen LogP contribution in [-0.4, -0.2) is 23.0 Å². The van der Waals surface area contributed by atoms with Gasteiger partial charge in [-0.05, 0) is 76.1 Å². The van der Waals surface area contributed by atoms with Crippen LogP contribution in [0.3, 0.4) is 0 Å². The van der Waals surface area contributed by atoms with E-state index in [4.69, 9.17) is 27.9 Å². The first-order valence-corrected chi connectivity index (χ1v) is 13.3. The van der Waals surface area contributed by atoms with Crippen molar-refractivity contribution in [2.75, 3.05) is 12.4 Å². The largest absolute Gasteiger partial charge is 0.497 e. The van der Waals surface area contributed by atoms with Crippen molar-refractivity contribution in [3.05, 3.63) is 109 Å². The van der Waals surface area contributed by atoms with Gasteiger partial charge in [0.05, 0.1) is 35.1 Å². The average molecular weight is 668 g/mol. The quantitative estimate of drug-likeness (QED) is 0.200. The second kappa shape index (κ2) is 12.3. The van der Waals surface area contributed by atoms with Gasteiger partial charge in [0, 0.05) is 22.1 Å². The number of aromatic nitrogens is 1. The molecule has 0 atom stereocenters. The molecule has 0 bridgehead atoms. The van der Waals surface area contributed by atoms with Gasteiger partial charge in [0.2, 0.25) is 0 Å². The molecule has 190 valence electrons. The molecular formula is C27H20Br2Cl2FN3O2. The van der Waals surface area contributed by atoms with E-state index in [1.165, 1.54) is 12.1 Å². The number of ether oxygens (including phenoxy) is 1. The molecule has 0 spiro atoms. The Bertz CT molecular complexity index is 1400.